The van der Waals surface area contributed by atoms with Crippen molar-refractivity contribution in [1.29, 1.82) is 0 Å². The molecule has 4 heterocycles. The van der Waals surface area contributed by atoms with Crippen LogP contribution in [0.5, 0.6) is 0 Å². The zero-order valence-corrected chi connectivity index (χ0v) is 28.3. The molecule has 0 saturated carbocycles. The number of aryl methyl sites for hydroxylation is 1. The molecule has 0 spiro atoms. The average Bonchev–Trinajstić information content (AvgIpc) is 3.69. The zero-order chi connectivity index (χ0) is 36.7. The highest BCUT2D eigenvalue weighted by molar-refractivity contribution is 5.89. The Kier molecular flexibility index (Phi) is 9.45. The van der Waals surface area contributed by atoms with E-state index in [2.05, 4.69) is 30.1 Å². The van der Waals surface area contributed by atoms with Crippen LogP contribution in [0.1, 0.15) is 50.6 Å². The molecule has 1 fully saturated rings. The molecule has 3 aromatic heterocycles. The minimum atomic E-state index is -4.81. The number of alkyl halides is 3. The van der Waals surface area contributed by atoms with E-state index in [4.69, 9.17) is 4.74 Å². The summed E-state index contributed by atoms with van der Waals surface area (Å²) in [5.74, 6) is -2.53. The van der Waals surface area contributed by atoms with Crippen molar-refractivity contribution in [3.63, 3.8) is 0 Å². The number of fused-ring (bicyclic) bond motifs is 1. The lowest BCUT2D eigenvalue weighted by molar-refractivity contribution is -0.159. The molecule has 2 aromatic carbocycles. The van der Waals surface area contributed by atoms with Gasteiger partial charge in [0.1, 0.15) is 16.9 Å². The van der Waals surface area contributed by atoms with Crippen molar-refractivity contribution < 1.29 is 36.7 Å². The fourth-order valence-corrected chi connectivity index (χ4v) is 5.91. The summed E-state index contributed by atoms with van der Waals surface area (Å²) < 4.78 is 65.8. The Morgan fingerprint density at radius 3 is 2.37 bits per heavy atom. The van der Waals surface area contributed by atoms with E-state index in [1.165, 1.54) is 23.0 Å². The quantitative estimate of drug-likeness (QED) is 0.209. The molecule has 270 valence electrons. The summed E-state index contributed by atoms with van der Waals surface area (Å²) >= 11 is 0. The molecule has 1 amide bonds. The maximum atomic E-state index is 14.9. The summed E-state index contributed by atoms with van der Waals surface area (Å²) in [7, 11) is 1.72. The molecular weight excluding hydrogens is 676 g/mol. The number of amides is 1. The number of nitrogens with one attached hydrogen (secondary N) is 1. The summed E-state index contributed by atoms with van der Waals surface area (Å²) in [6, 6.07) is 11.3. The lowest BCUT2D eigenvalue weighted by Crippen LogP contribution is -2.47. The van der Waals surface area contributed by atoms with Gasteiger partial charge in [-0.25, -0.2) is 14.2 Å². The van der Waals surface area contributed by atoms with Crippen molar-refractivity contribution >= 4 is 17.1 Å². The number of aliphatic hydroxyl groups is 1. The van der Waals surface area contributed by atoms with Crippen LogP contribution in [0.3, 0.4) is 0 Å². The molecule has 0 bridgehead atoms. The number of piperidine rings is 1. The van der Waals surface area contributed by atoms with Crippen LogP contribution in [0.2, 0.25) is 0 Å². The molecule has 17 heteroatoms. The number of aromatic nitrogens is 6. The minimum absolute atomic E-state index is 0.0124. The highest BCUT2D eigenvalue weighted by atomic mass is 19.4. The molecule has 0 radical (unpaired) electrons. The van der Waals surface area contributed by atoms with Crippen molar-refractivity contribution in [3.8, 4) is 22.6 Å². The Morgan fingerprint density at radius 2 is 1.75 bits per heavy atom. The first-order valence-electron chi connectivity index (χ1n) is 16.1. The third kappa shape index (κ3) is 8.09. The molecule has 51 heavy (non-hydrogen) atoms. The minimum Gasteiger partial charge on any atom is -0.444 e. The molecule has 0 aliphatic carbocycles. The van der Waals surface area contributed by atoms with E-state index in [9.17, 15) is 32.3 Å². The number of halogens is 4. The molecule has 1 saturated heterocycles. The third-order valence-corrected chi connectivity index (χ3v) is 8.50. The van der Waals surface area contributed by atoms with Crippen molar-refractivity contribution in [2.45, 2.75) is 70.6 Å². The van der Waals surface area contributed by atoms with E-state index in [0.717, 1.165) is 17.2 Å². The SMILES string of the molecule is Cn1nc2c(=O)n(CC3(O)CCN(Cc4ccc(-c5noc(C(F)(F)F)n5)cc4F)CC3)cnc2c1-c1ccc(CNC(=O)OC(C)(C)C)cc1. The topological polar surface area (TPSA) is 153 Å². The molecule has 1 aliphatic rings. The van der Waals surface area contributed by atoms with Crippen molar-refractivity contribution in [2.24, 2.45) is 7.05 Å². The molecule has 0 atom stereocenters. The average molecular weight is 713 g/mol. The smallest absolute Gasteiger partial charge is 0.444 e. The van der Waals surface area contributed by atoms with Crippen LogP contribution >= 0.6 is 0 Å². The number of benzene rings is 2. The summed E-state index contributed by atoms with van der Waals surface area (Å²) in [6.07, 6.45) is -3.33. The second kappa shape index (κ2) is 13.5. The lowest BCUT2D eigenvalue weighted by atomic mass is 9.91. The normalized spacial score (nSPS) is 15.3. The van der Waals surface area contributed by atoms with Gasteiger partial charge in [-0.3, -0.25) is 18.9 Å². The van der Waals surface area contributed by atoms with Gasteiger partial charge in [0.25, 0.3) is 5.56 Å². The van der Waals surface area contributed by atoms with E-state index in [0.29, 0.717) is 42.7 Å². The molecule has 13 nitrogen and oxygen atoms in total. The van der Waals surface area contributed by atoms with Crippen LogP contribution in [0.15, 0.2) is 58.1 Å². The summed E-state index contributed by atoms with van der Waals surface area (Å²) in [4.78, 5) is 35.3. The van der Waals surface area contributed by atoms with Crippen LogP contribution < -0.4 is 10.9 Å². The summed E-state index contributed by atoms with van der Waals surface area (Å²) in [5.41, 5.74) is 0.943. The second-order valence-electron chi connectivity index (χ2n) is 13.6. The van der Waals surface area contributed by atoms with Crippen LogP contribution in [0, 0.1) is 5.82 Å². The predicted molar refractivity (Wildman–Crippen MR) is 175 cm³/mol. The standard InChI is InChI=1S/C34H36F4N8O5/c1-32(2,3)50-31(48)39-16-20-5-7-21(8-6-20)27-25-26(42-44(27)4)29(47)46(19-40-25)18-33(49)11-13-45(14-12-33)17-23-10-9-22(15-24(23)35)28-41-30(51-43-28)34(36,37)38/h5-10,15,19,49H,11-14,16-18H2,1-4H3,(H,39,48). The Labute approximate surface area is 288 Å². The van der Waals surface area contributed by atoms with Crippen LogP contribution in [0.25, 0.3) is 33.7 Å². The Balaban J connectivity index is 1.08. The van der Waals surface area contributed by atoms with Crippen molar-refractivity contribution in [2.75, 3.05) is 13.1 Å². The number of carbonyl (C=O) groups excluding carboxylic acids is 1. The Morgan fingerprint density at radius 1 is 1.06 bits per heavy atom. The van der Waals surface area contributed by atoms with Gasteiger partial charge in [-0.2, -0.15) is 23.3 Å². The highest BCUT2D eigenvalue weighted by Gasteiger charge is 2.39. The van der Waals surface area contributed by atoms with E-state index < -0.39 is 40.7 Å². The molecule has 1 aliphatic heterocycles. The lowest BCUT2D eigenvalue weighted by Gasteiger charge is -2.38. The predicted octanol–water partition coefficient (Wildman–Crippen LogP) is 5.06. The van der Waals surface area contributed by atoms with Gasteiger partial charge in [0.05, 0.1) is 24.2 Å². The molecular formula is C34H36F4N8O5. The van der Waals surface area contributed by atoms with Crippen LogP contribution in [0.4, 0.5) is 22.4 Å². The summed E-state index contributed by atoms with van der Waals surface area (Å²) in [5, 5.41) is 21.9. The molecule has 6 rings (SSSR count). The number of carbonyl (C=O) groups is 1. The van der Waals surface area contributed by atoms with E-state index in [-0.39, 0.29) is 36.5 Å². The maximum Gasteiger partial charge on any atom is 0.471 e. The fourth-order valence-electron chi connectivity index (χ4n) is 5.91. The second-order valence-corrected chi connectivity index (χ2v) is 13.6. The molecule has 2 N–H and O–H groups in total. The van der Waals surface area contributed by atoms with Gasteiger partial charge in [-0.1, -0.05) is 41.6 Å². The van der Waals surface area contributed by atoms with Gasteiger partial charge < -0.3 is 19.7 Å². The Hall–Kier alpha value is -5.16. The number of nitrogens with zero attached hydrogens (tertiary/aromatic N) is 7. The number of alkyl carbamates (subject to hydrolysis) is 1. The van der Waals surface area contributed by atoms with Gasteiger partial charge >= 0.3 is 18.2 Å². The number of hydrogen-bond donors (Lipinski definition) is 2. The number of rotatable bonds is 8. The molecule has 0 unspecified atom stereocenters. The van der Waals surface area contributed by atoms with Crippen molar-refractivity contribution in [3.05, 3.63) is 82.0 Å². The first-order chi connectivity index (χ1) is 24.0. The van der Waals surface area contributed by atoms with Gasteiger partial charge in [0.15, 0.2) is 5.52 Å². The monoisotopic (exact) mass is 712 g/mol. The largest absolute Gasteiger partial charge is 0.471 e. The van der Waals surface area contributed by atoms with Gasteiger partial charge in [-0.05, 0) is 45.2 Å². The first kappa shape index (κ1) is 35.7. The van der Waals surface area contributed by atoms with Gasteiger partial charge in [0, 0.05) is 49.9 Å². The van der Waals surface area contributed by atoms with Crippen LogP contribution in [-0.2, 0) is 37.6 Å². The maximum absolute atomic E-state index is 14.9. The zero-order valence-electron chi connectivity index (χ0n) is 28.3. The highest BCUT2D eigenvalue weighted by Crippen LogP contribution is 2.31. The van der Waals surface area contributed by atoms with E-state index in [1.54, 1.807) is 32.5 Å². The fraction of sp³-hybridized carbons (Fsp3) is 0.412. The third-order valence-electron chi connectivity index (χ3n) is 8.50. The van der Waals surface area contributed by atoms with Crippen molar-refractivity contribution in [1.82, 2.24) is 39.7 Å². The number of hydrogen-bond acceptors (Lipinski definition) is 10. The summed E-state index contributed by atoms with van der Waals surface area (Å²) in [6.45, 7) is 6.63. The van der Waals surface area contributed by atoms with E-state index >= 15 is 0 Å². The number of likely N-dealkylation sites (tertiary alicyclic amines) is 1. The van der Waals surface area contributed by atoms with Crippen LogP contribution in [-0.4, -0.2) is 69.9 Å². The first-order valence-corrected chi connectivity index (χ1v) is 16.1. The van der Waals surface area contributed by atoms with Gasteiger partial charge in [0.2, 0.25) is 5.82 Å². The van der Waals surface area contributed by atoms with E-state index in [1.807, 2.05) is 29.2 Å². The Bertz CT molecular complexity index is 2110. The number of ether oxygens (including phenoxy) is 1. The van der Waals surface area contributed by atoms with Gasteiger partial charge in [-0.15, -0.1) is 0 Å². The molecule has 5 aromatic rings.